The zero-order valence-electron chi connectivity index (χ0n) is 2.43. The molecule has 0 atom stereocenters. The molecule has 0 rings (SSSR count). The Balaban J connectivity index is 0. The van der Waals surface area contributed by atoms with Gasteiger partial charge in [0.1, 0.15) is 0 Å². The predicted molar refractivity (Wildman–Crippen MR) is 9.21 cm³/mol. The molecule has 0 aliphatic carbocycles. The van der Waals surface area contributed by atoms with E-state index < -0.39 is 19.1 Å². The molecule has 0 bridgehead atoms. The van der Waals surface area contributed by atoms with Gasteiger partial charge in [-0.1, -0.05) is 0 Å². The molecular formula is HInO3Ti. The fourth-order valence-corrected chi connectivity index (χ4v) is 0. The van der Waals surface area contributed by atoms with E-state index in [1.807, 2.05) is 0 Å². The van der Waals surface area contributed by atoms with Crippen LogP contribution in [0.4, 0.5) is 0 Å². The summed E-state index contributed by atoms with van der Waals surface area (Å²) in [5.74, 6) is 0. The standard InChI is InChI=1S/In.3O.Ti.H. The van der Waals surface area contributed by atoms with Gasteiger partial charge in [0.25, 0.3) is 0 Å². The average molecular weight is 212 g/mol. The van der Waals surface area contributed by atoms with E-state index in [1.165, 1.54) is 0 Å². The van der Waals surface area contributed by atoms with Crippen LogP contribution in [0.2, 0.25) is 0 Å². The van der Waals surface area contributed by atoms with Gasteiger partial charge in [-0.25, -0.2) is 0 Å². The first kappa shape index (κ1) is 9.37. The molecule has 0 aromatic carbocycles. The average Bonchev–Trinajstić information content (AvgIpc) is 1.46. The van der Waals surface area contributed by atoms with Crippen molar-refractivity contribution in [1.82, 2.24) is 0 Å². The molecule has 0 aliphatic heterocycles. The Hall–Kier alpha value is 0.984. The van der Waals surface area contributed by atoms with Gasteiger partial charge in [0, 0.05) is 0 Å². The van der Waals surface area contributed by atoms with Gasteiger partial charge in [-0.15, -0.1) is 0 Å². The molecule has 0 heterocycles. The minimum atomic E-state index is -2.00. The minimum absolute atomic E-state index is 0.1000. The van der Waals surface area contributed by atoms with Crippen LogP contribution in [0.15, 0.2) is 0 Å². The van der Waals surface area contributed by atoms with E-state index in [2.05, 4.69) is 0 Å². The maximum absolute atomic E-state index is 8.50. The van der Waals surface area contributed by atoms with Gasteiger partial charge in [-0.2, -0.15) is 0 Å². The van der Waals surface area contributed by atoms with Crippen LogP contribution in [0.5, 0.6) is 0 Å². The van der Waals surface area contributed by atoms with Crippen molar-refractivity contribution in [3.63, 3.8) is 0 Å². The molecule has 5 heavy (non-hydrogen) atoms. The van der Waals surface area contributed by atoms with Crippen molar-refractivity contribution in [2.24, 2.45) is 0 Å². The molecule has 5 heteroatoms. The Morgan fingerprint density at radius 2 is 1.20 bits per heavy atom. The summed E-state index contributed by atoms with van der Waals surface area (Å²) in [6, 6.07) is 0. The molecular weight excluding hydrogens is 211 g/mol. The van der Waals surface area contributed by atoms with Gasteiger partial charge < -0.3 is 0 Å². The molecule has 0 spiro atoms. The third-order valence-electron chi connectivity index (χ3n) is 0. The Kier molecular flexibility index (Phi) is 37.6. The van der Waals surface area contributed by atoms with Crippen molar-refractivity contribution in [1.29, 1.82) is 0 Å². The zero-order valence-corrected chi connectivity index (χ0v) is 8.03. The molecule has 0 radical (unpaired) electrons. The zero-order chi connectivity index (χ0) is 4.71. The van der Waals surface area contributed by atoms with E-state index in [0.717, 1.165) is 0 Å². The summed E-state index contributed by atoms with van der Waals surface area (Å²) in [5, 5.41) is 0. The Morgan fingerprint density at radius 3 is 1.20 bits per heavy atom. The van der Waals surface area contributed by atoms with Crippen molar-refractivity contribution in [2.75, 3.05) is 0 Å². The van der Waals surface area contributed by atoms with Gasteiger partial charge in [0.05, 0.1) is 0 Å². The van der Waals surface area contributed by atoms with E-state index in [4.69, 9.17) is 9.50 Å². The van der Waals surface area contributed by atoms with Crippen LogP contribution in [0, 0.1) is 0 Å². The predicted octanol–water partition coefficient (Wildman–Crippen LogP) is -1.01. The molecule has 0 amide bonds. The Labute approximate surface area is 52.7 Å². The summed E-state index contributed by atoms with van der Waals surface area (Å²) in [7, 11) is 0. The Bertz CT molecular complexity index is 36.2. The molecule has 0 saturated heterocycles. The van der Waals surface area contributed by atoms with Gasteiger partial charge in [-0.3, -0.25) is 0 Å². The summed E-state index contributed by atoms with van der Waals surface area (Å²) in [4.78, 5) is 0. The van der Waals surface area contributed by atoms with E-state index in [9.17, 15) is 0 Å². The SMILES string of the molecule is [O]=[InH].[O]=[Ti]=[O]. The van der Waals surface area contributed by atoms with Crippen molar-refractivity contribution < 1.29 is 28.6 Å². The van der Waals surface area contributed by atoms with Crippen molar-refractivity contribution in [3.8, 4) is 0 Å². The van der Waals surface area contributed by atoms with Crippen LogP contribution in [0.1, 0.15) is 0 Å². The van der Waals surface area contributed by atoms with E-state index >= 15 is 0 Å². The normalized spacial score (nSPS) is 2.20. The third-order valence-corrected chi connectivity index (χ3v) is 0. The number of rotatable bonds is 0. The fourth-order valence-electron chi connectivity index (χ4n) is 0. The molecule has 0 N–H and O–H groups in total. The fraction of sp³-hybridized carbons (Fsp3) is 0. The maximum atomic E-state index is 8.50. The number of hydrogen-bond donors (Lipinski definition) is 0. The van der Waals surface area contributed by atoms with Crippen molar-refractivity contribution in [3.05, 3.63) is 0 Å². The molecule has 0 saturated carbocycles. The first-order valence-electron chi connectivity index (χ1n) is 0.697. The molecule has 0 unspecified atom stereocenters. The van der Waals surface area contributed by atoms with Crippen LogP contribution in [-0.2, 0) is 28.6 Å². The van der Waals surface area contributed by atoms with Crippen LogP contribution < -0.4 is 0 Å². The molecule has 3 nitrogen and oxygen atoms in total. The van der Waals surface area contributed by atoms with Crippen LogP contribution in [0.25, 0.3) is 0 Å². The van der Waals surface area contributed by atoms with Crippen LogP contribution in [-0.4, -0.2) is 24.4 Å². The van der Waals surface area contributed by atoms with E-state index in [1.54, 1.807) is 0 Å². The molecule has 26 valence electrons. The van der Waals surface area contributed by atoms with Gasteiger partial charge in [-0.05, 0) is 0 Å². The van der Waals surface area contributed by atoms with E-state index in [-0.39, 0.29) is 24.4 Å². The Morgan fingerprint density at radius 1 is 1.20 bits per heavy atom. The molecule has 0 aliphatic rings. The first-order valence-corrected chi connectivity index (χ1v) is 3.62. The second-order valence-corrected chi connectivity index (χ2v) is 0.344. The second kappa shape index (κ2) is 20.1. The van der Waals surface area contributed by atoms with Gasteiger partial charge >= 0.3 is 53.0 Å². The monoisotopic (exact) mass is 212 g/mol. The summed E-state index contributed by atoms with van der Waals surface area (Å²) < 4.78 is 25.4. The molecule has 0 aromatic rings. The summed E-state index contributed by atoms with van der Waals surface area (Å²) in [6.07, 6.45) is 0. The summed E-state index contributed by atoms with van der Waals surface area (Å²) in [6.45, 7) is 0. The summed E-state index contributed by atoms with van der Waals surface area (Å²) >= 11 is -2.10. The summed E-state index contributed by atoms with van der Waals surface area (Å²) in [5.41, 5.74) is 0. The molecule has 0 fully saturated rings. The quantitative estimate of drug-likeness (QED) is 0.483. The van der Waals surface area contributed by atoms with Crippen LogP contribution in [0.3, 0.4) is 0 Å². The van der Waals surface area contributed by atoms with Gasteiger partial charge in [0.2, 0.25) is 0 Å². The van der Waals surface area contributed by atoms with E-state index in [0.29, 0.717) is 0 Å². The second-order valence-electron chi connectivity index (χ2n) is 0.0833. The van der Waals surface area contributed by atoms with Crippen molar-refractivity contribution >= 4 is 24.4 Å². The number of hydrogen-bond acceptors (Lipinski definition) is 3. The van der Waals surface area contributed by atoms with Gasteiger partial charge in [0.15, 0.2) is 0 Å². The molecule has 0 aromatic heterocycles. The first-order chi connectivity index (χ1) is 2.41. The van der Waals surface area contributed by atoms with Crippen LogP contribution >= 0.6 is 0 Å². The topological polar surface area (TPSA) is 51.2 Å². The third kappa shape index (κ3) is 45.8. The van der Waals surface area contributed by atoms with Crippen molar-refractivity contribution in [2.45, 2.75) is 0 Å².